The van der Waals surface area contributed by atoms with Gasteiger partial charge in [0.2, 0.25) is 5.88 Å². The topological polar surface area (TPSA) is 59.9 Å². The Morgan fingerprint density at radius 1 is 1.12 bits per heavy atom. The summed E-state index contributed by atoms with van der Waals surface area (Å²) in [5.74, 6) is -1.31. The predicted octanol–water partition coefficient (Wildman–Crippen LogP) is 4.00. The van der Waals surface area contributed by atoms with Crippen molar-refractivity contribution in [3.05, 3.63) is 77.0 Å². The molecular formula is C19H13F2N3O2. The third kappa shape index (κ3) is 2.73. The quantitative estimate of drug-likeness (QED) is 0.606. The lowest BCUT2D eigenvalue weighted by atomic mass is 10.1. The van der Waals surface area contributed by atoms with Crippen molar-refractivity contribution in [1.29, 1.82) is 0 Å². The number of rotatable bonds is 3. The van der Waals surface area contributed by atoms with Gasteiger partial charge >= 0.3 is 0 Å². The van der Waals surface area contributed by atoms with E-state index in [1.807, 2.05) is 0 Å². The molecule has 4 aromatic rings. The van der Waals surface area contributed by atoms with Crippen molar-refractivity contribution in [2.45, 2.75) is 0 Å². The van der Waals surface area contributed by atoms with Crippen molar-refractivity contribution in [3.63, 3.8) is 0 Å². The molecule has 130 valence electrons. The molecule has 4 rings (SSSR count). The Balaban J connectivity index is 1.88. The summed E-state index contributed by atoms with van der Waals surface area (Å²) >= 11 is 0. The normalized spacial score (nSPS) is 11.0. The third-order valence-electron chi connectivity index (χ3n) is 4.01. The molecule has 3 heterocycles. The lowest BCUT2D eigenvalue weighted by molar-refractivity contribution is 0.453. The van der Waals surface area contributed by atoms with E-state index < -0.39 is 11.6 Å². The van der Waals surface area contributed by atoms with Gasteiger partial charge in [0.05, 0.1) is 0 Å². The van der Waals surface area contributed by atoms with Crippen molar-refractivity contribution in [2.75, 3.05) is 0 Å². The van der Waals surface area contributed by atoms with Gasteiger partial charge in [0, 0.05) is 60.4 Å². The minimum atomic E-state index is -0.743. The first-order valence-corrected chi connectivity index (χ1v) is 7.79. The van der Waals surface area contributed by atoms with Crippen LogP contribution in [0, 0.1) is 11.6 Å². The minimum Gasteiger partial charge on any atom is -0.438 e. The first-order chi connectivity index (χ1) is 12.5. The van der Waals surface area contributed by atoms with E-state index in [1.54, 1.807) is 37.6 Å². The fourth-order valence-corrected chi connectivity index (χ4v) is 2.86. The number of pyridine rings is 2. The standard InChI is InChI=1S/C19H13F2N3O2/c1-24-10-16(14-4-6-22-17(14)19(24)25)15-3-2-5-23-18(15)26-13-8-11(20)7-12(21)9-13/h2-10,22H,1H3. The predicted molar refractivity (Wildman–Crippen MR) is 93.2 cm³/mol. The van der Waals surface area contributed by atoms with Crippen LogP contribution in [-0.4, -0.2) is 14.5 Å². The maximum atomic E-state index is 13.4. The Labute approximate surface area is 146 Å². The van der Waals surface area contributed by atoms with Crippen molar-refractivity contribution >= 4 is 10.9 Å². The van der Waals surface area contributed by atoms with Crippen LogP contribution >= 0.6 is 0 Å². The molecule has 0 radical (unpaired) electrons. The van der Waals surface area contributed by atoms with Crippen LogP contribution in [0.3, 0.4) is 0 Å². The summed E-state index contributed by atoms with van der Waals surface area (Å²) in [5.41, 5.74) is 1.60. The molecule has 0 aliphatic rings. The molecule has 3 aromatic heterocycles. The average molecular weight is 353 g/mol. The van der Waals surface area contributed by atoms with E-state index >= 15 is 0 Å². The maximum absolute atomic E-state index is 13.4. The van der Waals surface area contributed by atoms with Crippen LogP contribution in [0.25, 0.3) is 22.0 Å². The van der Waals surface area contributed by atoms with Crippen molar-refractivity contribution < 1.29 is 13.5 Å². The number of hydrogen-bond acceptors (Lipinski definition) is 3. The zero-order valence-corrected chi connectivity index (χ0v) is 13.7. The molecule has 0 amide bonds. The molecule has 1 N–H and O–H groups in total. The summed E-state index contributed by atoms with van der Waals surface area (Å²) in [5, 5.41) is 0.705. The lowest BCUT2D eigenvalue weighted by Gasteiger charge is -2.12. The Bertz CT molecular complexity index is 1160. The third-order valence-corrected chi connectivity index (χ3v) is 4.01. The van der Waals surface area contributed by atoms with Gasteiger partial charge in [-0.2, -0.15) is 0 Å². The highest BCUT2D eigenvalue weighted by Crippen LogP contribution is 2.34. The van der Waals surface area contributed by atoms with Gasteiger partial charge in [0.15, 0.2) is 0 Å². The fourth-order valence-electron chi connectivity index (χ4n) is 2.86. The summed E-state index contributed by atoms with van der Waals surface area (Å²) in [7, 11) is 1.64. The monoisotopic (exact) mass is 353 g/mol. The van der Waals surface area contributed by atoms with E-state index in [1.165, 1.54) is 10.8 Å². The lowest BCUT2D eigenvalue weighted by Crippen LogP contribution is -2.16. The second-order valence-electron chi connectivity index (χ2n) is 5.79. The molecule has 0 aliphatic heterocycles. The van der Waals surface area contributed by atoms with Crippen LogP contribution in [0.2, 0.25) is 0 Å². The maximum Gasteiger partial charge on any atom is 0.274 e. The number of nitrogens with zero attached hydrogens (tertiary/aromatic N) is 2. The largest absolute Gasteiger partial charge is 0.438 e. The van der Waals surface area contributed by atoms with Crippen LogP contribution in [0.5, 0.6) is 11.6 Å². The van der Waals surface area contributed by atoms with Gasteiger partial charge in [-0.15, -0.1) is 0 Å². The summed E-state index contributed by atoms with van der Waals surface area (Å²) in [6, 6.07) is 8.19. The van der Waals surface area contributed by atoms with Gasteiger partial charge in [-0.05, 0) is 18.2 Å². The van der Waals surface area contributed by atoms with Crippen molar-refractivity contribution in [3.8, 4) is 22.8 Å². The summed E-state index contributed by atoms with van der Waals surface area (Å²) in [6.45, 7) is 0. The Hall–Kier alpha value is -3.48. The van der Waals surface area contributed by atoms with Crippen LogP contribution in [0.1, 0.15) is 0 Å². The number of H-pyrrole nitrogens is 1. The number of halogens is 2. The zero-order valence-electron chi connectivity index (χ0n) is 13.7. The molecule has 0 atom stereocenters. The molecule has 0 aliphatic carbocycles. The molecule has 0 spiro atoms. The first kappa shape index (κ1) is 16.0. The number of hydrogen-bond donors (Lipinski definition) is 1. The molecular weight excluding hydrogens is 340 g/mol. The number of nitrogens with one attached hydrogen (secondary N) is 1. The Kier molecular flexibility index (Phi) is 3.76. The number of fused-ring (bicyclic) bond motifs is 1. The second-order valence-corrected chi connectivity index (χ2v) is 5.79. The number of aromatic amines is 1. The van der Waals surface area contributed by atoms with Gasteiger partial charge in [0.25, 0.3) is 5.56 Å². The van der Waals surface area contributed by atoms with Crippen LogP contribution in [0.15, 0.2) is 59.8 Å². The molecule has 0 unspecified atom stereocenters. The van der Waals surface area contributed by atoms with Gasteiger partial charge in [0.1, 0.15) is 22.9 Å². The second kappa shape index (κ2) is 6.11. The SMILES string of the molecule is Cn1cc(-c2cccnc2Oc2cc(F)cc(F)c2)c2cc[nH]c2c1=O. The van der Waals surface area contributed by atoms with Gasteiger partial charge < -0.3 is 14.3 Å². The van der Waals surface area contributed by atoms with Crippen LogP contribution < -0.4 is 10.3 Å². The molecule has 5 nitrogen and oxygen atoms in total. The molecule has 0 saturated heterocycles. The molecule has 0 saturated carbocycles. The molecule has 0 fully saturated rings. The first-order valence-electron chi connectivity index (χ1n) is 7.79. The highest BCUT2D eigenvalue weighted by atomic mass is 19.1. The van der Waals surface area contributed by atoms with E-state index in [0.29, 0.717) is 22.0 Å². The zero-order chi connectivity index (χ0) is 18.3. The molecule has 0 bridgehead atoms. The van der Waals surface area contributed by atoms with Crippen LogP contribution in [0.4, 0.5) is 8.78 Å². The summed E-state index contributed by atoms with van der Waals surface area (Å²) < 4.78 is 34.0. The van der Waals surface area contributed by atoms with E-state index in [9.17, 15) is 13.6 Å². The minimum absolute atomic E-state index is 0.00224. The Morgan fingerprint density at radius 2 is 1.88 bits per heavy atom. The van der Waals surface area contributed by atoms with Gasteiger partial charge in [-0.1, -0.05) is 0 Å². The van der Waals surface area contributed by atoms with E-state index in [2.05, 4.69) is 9.97 Å². The molecule has 26 heavy (non-hydrogen) atoms. The number of benzene rings is 1. The number of ether oxygens (including phenoxy) is 1. The summed E-state index contributed by atoms with van der Waals surface area (Å²) in [4.78, 5) is 19.3. The smallest absolute Gasteiger partial charge is 0.274 e. The average Bonchev–Trinajstić information content (AvgIpc) is 3.08. The fraction of sp³-hybridized carbons (Fsp3) is 0.0526. The molecule has 1 aromatic carbocycles. The number of aromatic nitrogens is 3. The van der Waals surface area contributed by atoms with E-state index in [-0.39, 0.29) is 17.2 Å². The molecule has 7 heteroatoms. The highest BCUT2D eigenvalue weighted by molar-refractivity contribution is 5.95. The van der Waals surface area contributed by atoms with E-state index in [0.717, 1.165) is 18.2 Å². The van der Waals surface area contributed by atoms with Crippen LogP contribution in [-0.2, 0) is 7.05 Å². The van der Waals surface area contributed by atoms with Crippen molar-refractivity contribution in [2.24, 2.45) is 7.05 Å². The Morgan fingerprint density at radius 3 is 2.65 bits per heavy atom. The summed E-state index contributed by atoms with van der Waals surface area (Å²) in [6.07, 6.45) is 4.87. The van der Waals surface area contributed by atoms with Crippen molar-refractivity contribution in [1.82, 2.24) is 14.5 Å². The number of aryl methyl sites for hydroxylation is 1. The highest BCUT2D eigenvalue weighted by Gasteiger charge is 2.15. The van der Waals surface area contributed by atoms with Gasteiger partial charge in [-0.25, -0.2) is 13.8 Å². The van der Waals surface area contributed by atoms with E-state index in [4.69, 9.17) is 4.74 Å². The van der Waals surface area contributed by atoms with Gasteiger partial charge in [-0.3, -0.25) is 4.79 Å².